The van der Waals surface area contributed by atoms with Crippen LogP contribution in [0, 0.1) is 6.92 Å². The predicted octanol–water partition coefficient (Wildman–Crippen LogP) is 5.85. The van der Waals surface area contributed by atoms with Crippen LogP contribution in [0.4, 0.5) is 0 Å². The number of carboxylic acids is 1. The molecule has 0 aliphatic carbocycles. The fraction of sp³-hybridized carbons (Fsp3) is 0.185. The SMILES string of the molecule is COc1ccc(-c2csc(COc3cc(C)c(OCC(=O)O)cc3-c3ccc(OC)cc3)n2)cc1. The number of carboxylic acid groups (broad SMARTS) is 1. The minimum Gasteiger partial charge on any atom is -0.497 e. The van der Waals surface area contributed by atoms with Crippen LogP contribution in [0.5, 0.6) is 23.0 Å². The van der Waals surface area contributed by atoms with Crippen molar-refractivity contribution in [1.29, 1.82) is 0 Å². The molecule has 0 saturated carbocycles. The lowest BCUT2D eigenvalue weighted by Gasteiger charge is -2.16. The molecular formula is C27H25NO6S. The zero-order valence-corrected chi connectivity index (χ0v) is 20.4. The maximum Gasteiger partial charge on any atom is 0.341 e. The van der Waals surface area contributed by atoms with Gasteiger partial charge in [-0.15, -0.1) is 11.3 Å². The first-order chi connectivity index (χ1) is 17.0. The maximum atomic E-state index is 11.0. The van der Waals surface area contributed by atoms with Crippen LogP contribution in [0.15, 0.2) is 66.0 Å². The van der Waals surface area contributed by atoms with E-state index >= 15 is 0 Å². The van der Waals surface area contributed by atoms with Gasteiger partial charge in [0.1, 0.15) is 34.6 Å². The number of thiazole rings is 1. The van der Waals surface area contributed by atoms with Gasteiger partial charge >= 0.3 is 5.97 Å². The molecule has 0 fully saturated rings. The zero-order valence-electron chi connectivity index (χ0n) is 19.6. The Bertz CT molecular complexity index is 1300. The largest absolute Gasteiger partial charge is 0.497 e. The number of aliphatic carboxylic acids is 1. The Morgan fingerprint density at radius 3 is 2.11 bits per heavy atom. The second-order valence-electron chi connectivity index (χ2n) is 7.67. The lowest BCUT2D eigenvalue weighted by atomic mass is 10.0. The molecule has 0 aliphatic rings. The molecule has 0 bridgehead atoms. The van der Waals surface area contributed by atoms with Crippen molar-refractivity contribution in [1.82, 2.24) is 4.98 Å². The van der Waals surface area contributed by atoms with Crippen molar-refractivity contribution < 1.29 is 28.8 Å². The molecule has 3 aromatic carbocycles. The molecule has 1 N–H and O–H groups in total. The van der Waals surface area contributed by atoms with Crippen molar-refractivity contribution in [3.63, 3.8) is 0 Å². The first kappa shape index (κ1) is 24.1. The number of hydrogen-bond donors (Lipinski definition) is 1. The first-order valence-corrected chi connectivity index (χ1v) is 11.7. The van der Waals surface area contributed by atoms with Crippen LogP contribution < -0.4 is 18.9 Å². The van der Waals surface area contributed by atoms with E-state index in [0.717, 1.165) is 44.5 Å². The molecule has 0 amide bonds. The minimum absolute atomic E-state index is 0.290. The van der Waals surface area contributed by atoms with Gasteiger partial charge in [0, 0.05) is 16.5 Å². The number of aromatic nitrogens is 1. The van der Waals surface area contributed by atoms with Crippen LogP contribution in [0.3, 0.4) is 0 Å². The average molecular weight is 492 g/mol. The Morgan fingerprint density at radius 1 is 0.886 bits per heavy atom. The van der Waals surface area contributed by atoms with E-state index in [1.165, 1.54) is 11.3 Å². The van der Waals surface area contributed by atoms with Gasteiger partial charge in [0.25, 0.3) is 0 Å². The summed E-state index contributed by atoms with van der Waals surface area (Å²) in [6.07, 6.45) is 0. The number of benzene rings is 3. The van der Waals surface area contributed by atoms with Gasteiger partial charge in [-0.05, 0) is 66.6 Å². The number of nitrogens with zero attached hydrogens (tertiary/aromatic N) is 1. The summed E-state index contributed by atoms with van der Waals surface area (Å²) in [6.45, 7) is 1.72. The van der Waals surface area contributed by atoms with Gasteiger partial charge in [-0.2, -0.15) is 0 Å². The standard InChI is InChI=1S/C27H25NO6S/c1-17-12-25(33-14-26-28-23(16-35-26)19-6-10-21(32-3)11-7-19)22(13-24(17)34-15-27(29)30)18-4-8-20(31-2)9-5-18/h4-13,16H,14-15H2,1-3H3,(H,29,30). The van der Waals surface area contributed by atoms with Gasteiger partial charge in [0.2, 0.25) is 0 Å². The van der Waals surface area contributed by atoms with E-state index in [1.54, 1.807) is 20.3 Å². The van der Waals surface area contributed by atoms with E-state index in [9.17, 15) is 4.79 Å². The summed E-state index contributed by atoms with van der Waals surface area (Å²) < 4.78 is 22.2. The van der Waals surface area contributed by atoms with Crippen LogP contribution in [-0.2, 0) is 11.4 Å². The summed E-state index contributed by atoms with van der Waals surface area (Å²) in [5.41, 5.74) is 4.32. The van der Waals surface area contributed by atoms with Gasteiger partial charge in [-0.25, -0.2) is 9.78 Å². The maximum absolute atomic E-state index is 11.0. The van der Waals surface area contributed by atoms with Crippen LogP contribution in [0.25, 0.3) is 22.4 Å². The molecule has 1 heterocycles. The van der Waals surface area contributed by atoms with Crippen molar-refractivity contribution in [2.75, 3.05) is 20.8 Å². The smallest absolute Gasteiger partial charge is 0.341 e. The summed E-state index contributed by atoms with van der Waals surface area (Å²) in [7, 11) is 3.25. The monoisotopic (exact) mass is 491 g/mol. The summed E-state index contributed by atoms with van der Waals surface area (Å²) in [5, 5.41) is 11.8. The number of rotatable bonds is 10. The second kappa shape index (κ2) is 10.9. The van der Waals surface area contributed by atoms with Crippen molar-refractivity contribution in [2.45, 2.75) is 13.5 Å². The van der Waals surface area contributed by atoms with Crippen molar-refractivity contribution in [3.8, 4) is 45.4 Å². The average Bonchev–Trinajstić information content (AvgIpc) is 3.36. The molecule has 1 aromatic heterocycles. The van der Waals surface area contributed by atoms with Crippen LogP contribution in [0.2, 0.25) is 0 Å². The number of carbonyl (C=O) groups is 1. The quantitative estimate of drug-likeness (QED) is 0.298. The number of methoxy groups -OCH3 is 2. The molecule has 180 valence electrons. The normalized spacial score (nSPS) is 10.6. The van der Waals surface area contributed by atoms with E-state index in [0.29, 0.717) is 18.1 Å². The van der Waals surface area contributed by atoms with Gasteiger partial charge in [-0.3, -0.25) is 0 Å². The Labute approximate surface area is 207 Å². The highest BCUT2D eigenvalue weighted by Gasteiger charge is 2.14. The molecule has 8 heteroatoms. The third-order valence-corrected chi connectivity index (χ3v) is 6.14. The lowest BCUT2D eigenvalue weighted by molar-refractivity contribution is -0.139. The Morgan fingerprint density at radius 2 is 1.51 bits per heavy atom. The van der Waals surface area contributed by atoms with Gasteiger partial charge in [0.05, 0.1) is 19.9 Å². The first-order valence-electron chi connectivity index (χ1n) is 10.8. The van der Waals surface area contributed by atoms with E-state index in [1.807, 2.05) is 66.9 Å². The van der Waals surface area contributed by atoms with Crippen LogP contribution in [0.1, 0.15) is 10.6 Å². The number of ether oxygens (including phenoxy) is 4. The fourth-order valence-corrected chi connectivity index (χ4v) is 4.20. The molecule has 4 aromatic rings. The Kier molecular flexibility index (Phi) is 7.52. The Balaban J connectivity index is 1.58. The van der Waals surface area contributed by atoms with Gasteiger partial charge in [0.15, 0.2) is 6.61 Å². The molecule has 0 atom stereocenters. The number of aryl methyl sites for hydroxylation is 1. The summed E-state index contributed by atoms with van der Waals surface area (Å²) in [6, 6.07) is 19.0. The Hall–Kier alpha value is -4.04. The van der Waals surface area contributed by atoms with Crippen LogP contribution in [-0.4, -0.2) is 36.9 Å². The van der Waals surface area contributed by atoms with E-state index in [2.05, 4.69) is 0 Å². The van der Waals surface area contributed by atoms with Crippen molar-refractivity contribution >= 4 is 17.3 Å². The molecular weight excluding hydrogens is 466 g/mol. The van der Waals surface area contributed by atoms with E-state index in [4.69, 9.17) is 29.0 Å². The highest BCUT2D eigenvalue weighted by atomic mass is 32.1. The predicted molar refractivity (Wildman–Crippen MR) is 135 cm³/mol. The van der Waals surface area contributed by atoms with Crippen molar-refractivity contribution in [3.05, 3.63) is 76.6 Å². The fourth-order valence-electron chi connectivity index (χ4n) is 3.48. The van der Waals surface area contributed by atoms with Crippen LogP contribution >= 0.6 is 11.3 Å². The summed E-state index contributed by atoms with van der Waals surface area (Å²) >= 11 is 1.53. The molecule has 35 heavy (non-hydrogen) atoms. The molecule has 4 rings (SSSR count). The molecule has 0 aliphatic heterocycles. The highest BCUT2D eigenvalue weighted by molar-refractivity contribution is 7.09. The molecule has 7 nitrogen and oxygen atoms in total. The number of hydrogen-bond acceptors (Lipinski definition) is 7. The third kappa shape index (κ3) is 5.91. The zero-order chi connectivity index (χ0) is 24.8. The molecule has 0 radical (unpaired) electrons. The lowest BCUT2D eigenvalue weighted by Crippen LogP contribution is -2.10. The second-order valence-corrected chi connectivity index (χ2v) is 8.61. The van der Waals surface area contributed by atoms with Crippen molar-refractivity contribution in [2.24, 2.45) is 0 Å². The van der Waals surface area contributed by atoms with Gasteiger partial charge in [-0.1, -0.05) is 12.1 Å². The third-order valence-electron chi connectivity index (χ3n) is 5.32. The summed E-state index contributed by atoms with van der Waals surface area (Å²) in [4.78, 5) is 15.7. The topological polar surface area (TPSA) is 87.1 Å². The summed E-state index contributed by atoms with van der Waals surface area (Å²) in [5.74, 6) is 1.63. The minimum atomic E-state index is -1.04. The van der Waals surface area contributed by atoms with Gasteiger partial charge < -0.3 is 24.1 Å². The van der Waals surface area contributed by atoms with E-state index < -0.39 is 12.6 Å². The molecule has 0 spiro atoms. The van der Waals surface area contributed by atoms with E-state index in [-0.39, 0.29) is 0 Å². The molecule has 0 saturated heterocycles. The molecule has 0 unspecified atom stereocenters. The highest BCUT2D eigenvalue weighted by Crippen LogP contribution is 2.37.